The van der Waals surface area contributed by atoms with Gasteiger partial charge in [-0.05, 0) is 25.0 Å². The van der Waals surface area contributed by atoms with Crippen molar-refractivity contribution in [3.8, 4) is 11.3 Å². The molecule has 0 aliphatic heterocycles. The fraction of sp³-hybridized carbons (Fsp3) is 0.385. The monoisotopic (exact) mass is 228 g/mol. The number of nitrogens with one attached hydrogen (secondary N) is 1. The number of aromatic amines is 1. The number of hydrogen-bond acceptors (Lipinski definition) is 3. The molecule has 3 N–H and O–H groups in total. The Bertz CT molecular complexity index is 497. The van der Waals surface area contributed by atoms with E-state index in [0.717, 1.165) is 29.9 Å². The van der Waals surface area contributed by atoms with E-state index in [1.54, 1.807) is 6.20 Å². The van der Waals surface area contributed by atoms with Crippen LogP contribution in [0.25, 0.3) is 11.3 Å². The van der Waals surface area contributed by atoms with Crippen molar-refractivity contribution in [3.05, 3.63) is 36.5 Å². The number of pyridine rings is 1. The summed E-state index contributed by atoms with van der Waals surface area (Å²) in [5, 5.41) is 0. The van der Waals surface area contributed by atoms with Gasteiger partial charge in [0.05, 0.1) is 17.4 Å². The normalized spacial score (nSPS) is 18.4. The van der Waals surface area contributed by atoms with Crippen LogP contribution >= 0.6 is 0 Å². The number of rotatable bonds is 2. The van der Waals surface area contributed by atoms with Crippen LogP contribution in [0.5, 0.6) is 0 Å². The van der Waals surface area contributed by atoms with E-state index < -0.39 is 0 Å². The van der Waals surface area contributed by atoms with Gasteiger partial charge in [0.25, 0.3) is 0 Å². The molecule has 88 valence electrons. The van der Waals surface area contributed by atoms with E-state index in [9.17, 15) is 0 Å². The maximum Gasteiger partial charge on any atom is 0.126 e. The first-order chi connectivity index (χ1) is 8.28. The molecule has 0 spiro atoms. The van der Waals surface area contributed by atoms with E-state index in [1.165, 1.54) is 12.8 Å². The van der Waals surface area contributed by atoms with E-state index >= 15 is 0 Å². The molecule has 3 rings (SSSR count). The van der Waals surface area contributed by atoms with Gasteiger partial charge in [0, 0.05) is 18.0 Å². The Labute approximate surface area is 100 Å². The van der Waals surface area contributed by atoms with Gasteiger partial charge in [0.15, 0.2) is 0 Å². The minimum Gasteiger partial charge on any atom is -0.340 e. The van der Waals surface area contributed by atoms with Crippen molar-refractivity contribution in [3.63, 3.8) is 0 Å². The van der Waals surface area contributed by atoms with Crippen LogP contribution in [0.2, 0.25) is 0 Å². The van der Waals surface area contributed by atoms with Crippen molar-refractivity contribution in [2.24, 2.45) is 5.73 Å². The van der Waals surface area contributed by atoms with Gasteiger partial charge in [-0.15, -0.1) is 0 Å². The third kappa shape index (κ3) is 1.85. The fourth-order valence-electron chi connectivity index (χ4n) is 2.49. The van der Waals surface area contributed by atoms with E-state index in [-0.39, 0.29) is 5.54 Å². The van der Waals surface area contributed by atoms with Gasteiger partial charge in [0.1, 0.15) is 5.82 Å². The van der Waals surface area contributed by atoms with Crippen LogP contribution in [-0.2, 0) is 5.54 Å². The molecule has 2 aromatic rings. The lowest BCUT2D eigenvalue weighted by Crippen LogP contribution is -2.34. The van der Waals surface area contributed by atoms with Crippen molar-refractivity contribution >= 4 is 0 Å². The number of aromatic nitrogens is 3. The highest BCUT2D eigenvalue weighted by Gasteiger charge is 2.33. The standard InChI is InChI=1S/C13H16N4/c14-13(5-1-2-6-13)12-16-9-11(17-12)10-4-3-7-15-8-10/h3-4,7-9H,1-2,5-6,14H2,(H,16,17). The van der Waals surface area contributed by atoms with Gasteiger partial charge in [-0.1, -0.05) is 12.8 Å². The van der Waals surface area contributed by atoms with Crippen LogP contribution in [-0.4, -0.2) is 15.0 Å². The van der Waals surface area contributed by atoms with E-state index in [0.29, 0.717) is 0 Å². The summed E-state index contributed by atoms with van der Waals surface area (Å²) in [5.41, 5.74) is 8.15. The topological polar surface area (TPSA) is 67.6 Å². The number of H-pyrrole nitrogens is 1. The van der Waals surface area contributed by atoms with Gasteiger partial charge in [-0.2, -0.15) is 0 Å². The minimum absolute atomic E-state index is 0.250. The largest absolute Gasteiger partial charge is 0.340 e. The Morgan fingerprint density at radius 3 is 2.76 bits per heavy atom. The average molecular weight is 228 g/mol. The molecular formula is C13H16N4. The highest BCUT2D eigenvalue weighted by Crippen LogP contribution is 2.35. The average Bonchev–Trinajstić information content (AvgIpc) is 2.99. The molecule has 0 aromatic carbocycles. The second-order valence-corrected chi connectivity index (χ2v) is 4.75. The van der Waals surface area contributed by atoms with Crippen molar-refractivity contribution in [1.29, 1.82) is 0 Å². The number of imidazole rings is 1. The SMILES string of the molecule is NC1(c2ncc(-c3cccnc3)[nH]2)CCCC1. The molecule has 2 heterocycles. The van der Waals surface area contributed by atoms with Crippen LogP contribution in [0.1, 0.15) is 31.5 Å². The van der Waals surface area contributed by atoms with Crippen LogP contribution < -0.4 is 5.73 Å². The Hall–Kier alpha value is -1.68. The van der Waals surface area contributed by atoms with Gasteiger partial charge >= 0.3 is 0 Å². The Morgan fingerprint density at radius 1 is 1.24 bits per heavy atom. The summed E-state index contributed by atoms with van der Waals surface area (Å²) in [6, 6.07) is 3.94. The van der Waals surface area contributed by atoms with Crippen molar-refractivity contribution < 1.29 is 0 Å². The zero-order chi connectivity index (χ0) is 11.7. The van der Waals surface area contributed by atoms with Gasteiger partial charge in [0.2, 0.25) is 0 Å². The second kappa shape index (κ2) is 3.96. The Kier molecular flexibility index (Phi) is 2.44. The zero-order valence-corrected chi connectivity index (χ0v) is 9.69. The summed E-state index contributed by atoms with van der Waals surface area (Å²) < 4.78 is 0. The summed E-state index contributed by atoms with van der Waals surface area (Å²) in [7, 11) is 0. The molecule has 0 saturated heterocycles. The molecule has 1 fully saturated rings. The minimum atomic E-state index is -0.250. The first-order valence-corrected chi connectivity index (χ1v) is 6.03. The first-order valence-electron chi connectivity index (χ1n) is 6.03. The molecule has 1 aliphatic rings. The number of nitrogens with two attached hydrogens (primary N) is 1. The Balaban J connectivity index is 1.93. The maximum atomic E-state index is 6.36. The second-order valence-electron chi connectivity index (χ2n) is 4.75. The van der Waals surface area contributed by atoms with Crippen LogP contribution in [0.15, 0.2) is 30.7 Å². The lowest BCUT2D eigenvalue weighted by molar-refractivity contribution is 0.436. The highest BCUT2D eigenvalue weighted by atomic mass is 15.0. The van der Waals surface area contributed by atoms with Crippen molar-refractivity contribution in [1.82, 2.24) is 15.0 Å². The fourth-order valence-corrected chi connectivity index (χ4v) is 2.49. The van der Waals surface area contributed by atoms with Crippen LogP contribution in [0.3, 0.4) is 0 Å². The van der Waals surface area contributed by atoms with Crippen molar-refractivity contribution in [2.45, 2.75) is 31.2 Å². The molecule has 1 saturated carbocycles. The molecule has 0 atom stereocenters. The van der Waals surface area contributed by atoms with Crippen LogP contribution in [0, 0.1) is 0 Å². The molecule has 0 amide bonds. The van der Waals surface area contributed by atoms with Crippen LogP contribution in [0.4, 0.5) is 0 Å². The lowest BCUT2D eigenvalue weighted by atomic mass is 9.99. The van der Waals surface area contributed by atoms with E-state index in [1.807, 2.05) is 24.5 Å². The predicted octanol–water partition coefficient (Wildman–Crippen LogP) is 2.20. The first kappa shape index (κ1) is 10.5. The zero-order valence-electron chi connectivity index (χ0n) is 9.69. The number of nitrogens with zero attached hydrogens (tertiary/aromatic N) is 2. The van der Waals surface area contributed by atoms with Gasteiger partial charge < -0.3 is 10.7 Å². The smallest absolute Gasteiger partial charge is 0.126 e. The molecule has 2 aromatic heterocycles. The highest BCUT2D eigenvalue weighted by molar-refractivity contribution is 5.56. The molecular weight excluding hydrogens is 212 g/mol. The van der Waals surface area contributed by atoms with E-state index in [2.05, 4.69) is 15.0 Å². The van der Waals surface area contributed by atoms with Crippen molar-refractivity contribution in [2.75, 3.05) is 0 Å². The summed E-state index contributed by atoms with van der Waals surface area (Å²) in [6.07, 6.45) is 9.87. The van der Waals surface area contributed by atoms with E-state index in [4.69, 9.17) is 5.73 Å². The summed E-state index contributed by atoms with van der Waals surface area (Å²) >= 11 is 0. The van der Waals surface area contributed by atoms with Gasteiger partial charge in [-0.25, -0.2) is 4.98 Å². The molecule has 0 radical (unpaired) electrons. The molecule has 17 heavy (non-hydrogen) atoms. The predicted molar refractivity (Wildman–Crippen MR) is 66.2 cm³/mol. The van der Waals surface area contributed by atoms with Gasteiger partial charge in [-0.3, -0.25) is 4.98 Å². The lowest BCUT2D eigenvalue weighted by Gasteiger charge is -2.20. The molecule has 0 bridgehead atoms. The third-order valence-corrected chi connectivity index (χ3v) is 3.52. The summed E-state index contributed by atoms with van der Waals surface area (Å²) in [5.74, 6) is 0.911. The summed E-state index contributed by atoms with van der Waals surface area (Å²) in [6.45, 7) is 0. The third-order valence-electron chi connectivity index (χ3n) is 3.52. The molecule has 1 aliphatic carbocycles. The summed E-state index contributed by atoms with van der Waals surface area (Å²) in [4.78, 5) is 11.9. The molecule has 0 unspecified atom stereocenters. The Morgan fingerprint density at radius 2 is 2.06 bits per heavy atom. The number of hydrogen-bond donors (Lipinski definition) is 2. The molecule has 4 heteroatoms. The molecule has 4 nitrogen and oxygen atoms in total. The quantitative estimate of drug-likeness (QED) is 0.828. The maximum absolute atomic E-state index is 6.36.